The summed E-state index contributed by atoms with van der Waals surface area (Å²) in [6.07, 6.45) is 4.73. The Morgan fingerprint density at radius 3 is 2.77 bits per heavy atom. The van der Waals surface area contributed by atoms with Crippen LogP contribution in [0.2, 0.25) is 0 Å². The zero-order chi connectivity index (χ0) is 17.9. The topological polar surface area (TPSA) is 72.7 Å². The maximum atomic E-state index is 5.54. The summed E-state index contributed by atoms with van der Waals surface area (Å²) in [4.78, 5) is 4.24. The number of halogens is 1. The highest BCUT2D eigenvalue weighted by Gasteiger charge is 2.06. The second-order valence-electron chi connectivity index (χ2n) is 5.39. The lowest BCUT2D eigenvalue weighted by atomic mass is 10.2. The molecule has 2 N–H and O–H groups in total. The SMILES string of the molecule is CCOc1ccc(CNC(=NC)NCCCn2cccn2)cc1OC.I. The van der Waals surface area contributed by atoms with Crippen LogP contribution in [0.1, 0.15) is 18.9 Å². The number of nitrogens with one attached hydrogen (secondary N) is 2. The molecule has 2 rings (SSSR count). The molecule has 144 valence electrons. The Balaban J connectivity index is 0.00000338. The van der Waals surface area contributed by atoms with Crippen LogP contribution in [0.3, 0.4) is 0 Å². The highest BCUT2D eigenvalue weighted by atomic mass is 127. The first-order valence-electron chi connectivity index (χ1n) is 8.48. The Labute approximate surface area is 172 Å². The minimum absolute atomic E-state index is 0. The first kappa shape index (κ1) is 22.1. The molecular formula is C18H28IN5O2. The third kappa shape index (κ3) is 7.11. The molecule has 0 aliphatic rings. The van der Waals surface area contributed by atoms with Gasteiger partial charge in [-0.2, -0.15) is 5.10 Å². The molecule has 0 bridgehead atoms. The van der Waals surface area contributed by atoms with Crippen molar-refractivity contribution in [1.29, 1.82) is 0 Å². The Morgan fingerprint density at radius 2 is 2.12 bits per heavy atom. The van der Waals surface area contributed by atoms with Gasteiger partial charge in [0.15, 0.2) is 17.5 Å². The number of aromatic nitrogens is 2. The molecule has 0 saturated heterocycles. The molecule has 1 aromatic heterocycles. The van der Waals surface area contributed by atoms with E-state index < -0.39 is 0 Å². The number of benzene rings is 1. The normalized spacial score (nSPS) is 10.8. The van der Waals surface area contributed by atoms with Crippen LogP contribution < -0.4 is 20.1 Å². The van der Waals surface area contributed by atoms with E-state index in [-0.39, 0.29) is 24.0 Å². The Hall–Kier alpha value is -1.97. The summed E-state index contributed by atoms with van der Waals surface area (Å²) in [6, 6.07) is 7.85. The molecule has 0 fully saturated rings. The highest BCUT2D eigenvalue weighted by Crippen LogP contribution is 2.27. The Kier molecular flexibility index (Phi) is 10.5. The van der Waals surface area contributed by atoms with Gasteiger partial charge in [0.2, 0.25) is 0 Å². The highest BCUT2D eigenvalue weighted by molar-refractivity contribution is 14.0. The van der Waals surface area contributed by atoms with Crippen molar-refractivity contribution in [1.82, 2.24) is 20.4 Å². The van der Waals surface area contributed by atoms with Crippen LogP contribution in [0.25, 0.3) is 0 Å². The van der Waals surface area contributed by atoms with Crippen molar-refractivity contribution in [3.63, 3.8) is 0 Å². The van der Waals surface area contributed by atoms with Gasteiger partial charge in [0.05, 0.1) is 13.7 Å². The second kappa shape index (κ2) is 12.4. The average Bonchev–Trinajstić information content (AvgIpc) is 3.15. The average molecular weight is 473 g/mol. The first-order chi connectivity index (χ1) is 12.3. The zero-order valence-electron chi connectivity index (χ0n) is 15.6. The van der Waals surface area contributed by atoms with Gasteiger partial charge in [0.25, 0.3) is 0 Å². The number of guanidine groups is 1. The van der Waals surface area contributed by atoms with Crippen molar-refractivity contribution in [2.45, 2.75) is 26.4 Å². The van der Waals surface area contributed by atoms with E-state index in [1.807, 2.05) is 42.1 Å². The van der Waals surface area contributed by atoms with Gasteiger partial charge in [0.1, 0.15) is 0 Å². The summed E-state index contributed by atoms with van der Waals surface area (Å²) in [6.45, 7) is 4.93. The fourth-order valence-corrected chi connectivity index (χ4v) is 2.38. The fraction of sp³-hybridized carbons (Fsp3) is 0.444. The molecule has 0 spiro atoms. The lowest BCUT2D eigenvalue weighted by molar-refractivity contribution is 0.310. The summed E-state index contributed by atoms with van der Waals surface area (Å²) in [7, 11) is 3.41. The van der Waals surface area contributed by atoms with Crippen LogP contribution in [0.5, 0.6) is 11.5 Å². The predicted octanol–water partition coefficient (Wildman–Crippen LogP) is 2.66. The van der Waals surface area contributed by atoms with Crippen molar-refractivity contribution in [2.75, 3.05) is 27.3 Å². The van der Waals surface area contributed by atoms with Crippen molar-refractivity contribution in [3.05, 3.63) is 42.2 Å². The van der Waals surface area contributed by atoms with E-state index in [1.54, 1.807) is 20.4 Å². The minimum Gasteiger partial charge on any atom is -0.493 e. The molecule has 0 atom stereocenters. The van der Waals surface area contributed by atoms with E-state index in [0.29, 0.717) is 13.2 Å². The number of methoxy groups -OCH3 is 1. The number of hydrogen-bond donors (Lipinski definition) is 2. The number of ether oxygens (including phenoxy) is 2. The molecule has 2 aromatic rings. The van der Waals surface area contributed by atoms with Crippen LogP contribution in [0.4, 0.5) is 0 Å². The molecular weight excluding hydrogens is 445 g/mol. The largest absolute Gasteiger partial charge is 0.493 e. The predicted molar refractivity (Wildman–Crippen MR) is 115 cm³/mol. The number of rotatable bonds is 9. The van der Waals surface area contributed by atoms with Gasteiger partial charge in [-0.05, 0) is 37.1 Å². The van der Waals surface area contributed by atoms with E-state index in [2.05, 4.69) is 20.7 Å². The zero-order valence-corrected chi connectivity index (χ0v) is 17.9. The van der Waals surface area contributed by atoms with Crippen LogP contribution in [-0.4, -0.2) is 43.0 Å². The number of aliphatic imine (C=N–C) groups is 1. The van der Waals surface area contributed by atoms with Crippen molar-refractivity contribution in [3.8, 4) is 11.5 Å². The van der Waals surface area contributed by atoms with Crippen LogP contribution in [-0.2, 0) is 13.1 Å². The van der Waals surface area contributed by atoms with Gasteiger partial charge >= 0.3 is 0 Å². The van der Waals surface area contributed by atoms with E-state index in [1.165, 1.54) is 0 Å². The molecule has 7 nitrogen and oxygen atoms in total. The fourth-order valence-electron chi connectivity index (χ4n) is 2.38. The monoisotopic (exact) mass is 473 g/mol. The van der Waals surface area contributed by atoms with Gasteiger partial charge < -0.3 is 20.1 Å². The summed E-state index contributed by atoms with van der Waals surface area (Å²) in [5.41, 5.74) is 1.10. The van der Waals surface area contributed by atoms with Crippen LogP contribution >= 0.6 is 24.0 Å². The molecule has 0 aliphatic heterocycles. The summed E-state index contributed by atoms with van der Waals surface area (Å²) in [5, 5.41) is 10.8. The van der Waals surface area contributed by atoms with Crippen molar-refractivity contribution in [2.24, 2.45) is 4.99 Å². The van der Waals surface area contributed by atoms with Crippen LogP contribution in [0, 0.1) is 0 Å². The molecule has 1 aromatic carbocycles. The maximum absolute atomic E-state index is 5.54. The molecule has 26 heavy (non-hydrogen) atoms. The third-order valence-electron chi connectivity index (χ3n) is 3.63. The third-order valence-corrected chi connectivity index (χ3v) is 3.63. The van der Waals surface area contributed by atoms with Gasteiger partial charge in [-0.15, -0.1) is 24.0 Å². The van der Waals surface area contributed by atoms with Gasteiger partial charge in [-0.25, -0.2) is 0 Å². The van der Waals surface area contributed by atoms with Crippen LogP contribution in [0.15, 0.2) is 41.7 Å². The molecule has 8 heteroatoms. The Morgan fingerprint density at radius 1 is 1.27 bits per heavy atom. The molecule has 0 aliphatic carbocycles. The summed E-state index contributed by atoms with van der Waals surface area (Å²) in [5.74, 6) is 2.27. The molecule has 0 unspecified atom stereocenters. The second-order valence-corrected chi connectivity index (χ2v) is 5.39. The molecule has 1 heterocycles. The summed E-state index contributed by atoms with van der Waals surface area (Å²) >= 11 is 0. The number of aryl methyl sites for hydroxylation is 1. The number of nitrogens with zero attached hydrogens (tertiary/aromatic N) is 3. The molecule has 0 saturated carbocycles. The lowest BCUT2D eigenvalue weighted by Gasteiger charge is -2.14. The molecule has 0 amide bonds. The van der Waals surface area contributed by atoms with Gasteiger partial charge in [0, 0.05) is 39.1 Å². The van der Waals surface area contributed by atoms with E-state index in [9.17, 15) is 0 Å². The lowest BCUT2D eigenvalue weighted by Crippen LogP contribution is -2.37. The van der Waals surface area contributed by atoms with E-state index in [4.69, 9.17) is 9.47 Å². The quantitative estimate of drug-likeness (QED) is 0.254. The van der Waals surface area contributed by atoms with E-state index >= 15 is 0 Å². The van der Waals surface area contributed by atoms with E-state index in [0.717, 1.165) is 42.5 Å². The summed E-state index contributed by atoms with van der Waals surface area (Å²) < 4.78 is 12.8. The van der Waals surface area contributed by atoms with Gasteiger partial charge in [-0.1, -0.05) is 6.07 Å². The Bertz CT molecular complexity index is 662. The maximum Gasteiger partial charge on any atom is 0.191 e. The smallest absolute Gasteiger partial charge is 0.191 e. The number of hydrogen-bond acceptors (Lipinski definition) is 4. The minimum atomic E-state index is 0. The van der Waals surface area contributed by atoms with Gasteiger partial charge in [-0.3, -0.25) is 9.67 Å². The first-order valence-corrected chi connectivity index (χ1v) is 8.48. The standard InChI is InChI=1S/C18H27N5O2.HI/c1-4-25-16-8-7-15(13-17(16)24-3)14-21-18(19-2)20-9-5-11-23-12-6-10-22-23;/h6-8,10,12-13H,4-5,9,11,14H2,1-3H3,(H2,19,20,21);1H. The van der Waals surface area contributed by atoms with Crippen molar-refractivity contribution < 1.29 is 9.47 Å². The van der Waals surface area contributed by atoms with Crippen molar-refractivity contribution >= 4 is 29.9 Å². The molecule has 0 radical (unpaired) electrons.